The van der Waals surface area contributed by atoms with Crippen LogP contribution in [0.4, 0.5) is 5.69 Å². The molecule has 114 valence electrons. The first-order chi connectivity index (χ1) is 10.3. The topological polar surface area (TPSA) is 79.6 Å². The molecule has 2 atom stereocenters. The minimum absolute atomic E-state index is 0.0706. The molecule has 1 aromatic rings. The fourth-order valence-corrected chi connectivity index (χ4v) is 3.12. The van der Waals surface area contributed by atoms with Gasteiger partial charge in [0.15, 0.2) is 0 Å². The van der Waals surface area contributed by atoms with Gasteiger partial charge in [-0.3, -0.25) is 15.5 Å². The van der Waals surface area contributed by atoms with Crippen LogP contribution in [0.2, 0.25) is 0 Å². The Balaban J connectivity index is 1.54. The van der Waals surface area contributed by atoms with Crippen molar-refractivity contribution in [1.82, 2.24) is 10.2 Å². The molecule has 4 N–H and O–H groups in total. The number of hydrogen-bond donors (Lipinski definition) is 3. The van der Waals surface area contributed by atoms with Crippen LogP contribution in [0.3, 0.4) is 0 Å². The minimum atomic E-state index is -0.129. The Morgan fingerprint density at radius 2 is 2.29 bits per heavy atom. The third kappa shape index (κ3) is 3.18. The summed E-state index contributed by atoms with van der Waals surface area (Å²) in [5, 5.41) is 2.94. The molecule has 0 radical (unpaired) electrons. The number of ether oxygens (including phenoxy) is 1. The zero-order valence-corrected chi connectivity index (χ0v) is 12.0. The number of para-hydroxylation sites is 1. The zero-order chi connectivity index (χ0) is 14.7. The molecule has 2 saturated heterocycles. The monoisotopic (exact) mass is 290 g/mol. The van der Waals surface area contributed by atoms with Crippen LogP contribution in [-0.2, 0) is 4.74 Å². The van der Waals surface area contributed by atoms with E-state index in [4.69, 9.17) is 10.6 Å². The number of amides is 1. The Labute approximate surface area is 124 Å². The second-order valence-corrected chi connectivity index (χ2v) is 5.65. The van der Waals surface area contributed by atoms with E-state index in [2.05, 4.69) is 15.6 Å². The Kier molecular flexibility index (Phi) is 4.38. The third-order valence-electron chi connectivity index (χ3n) is 4.28. The Bertz CT molecular complexity index is 508. The predicted octanol–water partition coefficient (Wildman–Crippen LogP) is 0.565. The van der Waals surface area contributed by atoms with E-state index in [1.165, 1.54) is 12.8 Å². The first-order valence-corrected chi connectivity index (χ1v) is 7.47. The summed E-state index contributed by atoms with van der Waals surface area (Å²) in [6.45, 7) is 3.36. The normalized spacial score (nSPS) is 25.4. The molecule has 2 unspecified atom stereocenters. The number of rotatable bonds is 4. The Hall–Kier alpha value is -1.63. The number of hydrogen-bond acceptors (Lipinski definition) is 5. The molecule has 3 rings (SSSR count). The highest BCUT2D eigenvalue weighted by atomic mass is 16.5. The van der Waals surface area contributed by atoms with Crippen molar-refractivity contribution in [1.29, 1.82) is 0 Å². The van der Waals surface area contributed by atoms with Crippen LogP contribution >= 0.6 is 0 Å². The van der Waals surface area contributed by atoms with Gasteiger partial charge in [0.1, 0.15) is 0 Å². The van der Waals surface area contributed by atoms with Crippen molar-refractivity contribution in [2.75, 3.05) is 31.7 Å². The fraction of sp³-hybridized carbons (Fsp3) is 0.533. The molecule has 2 fully saturated rings. The summed E-state index contributed by atoms with van der Waals surface area (Å²) in [6.07, 6.45) is 2.55. The van der Waals surface area contributed by atoms with E-state index < -0.39 is 0 Å². The van der Waals surface area contributed by atoms with Gasteiger partial charge in [-0.1, -0.05) is 12.1 Å². The molecule has 0 saturated carbocycles. The molecule has 0 spiro atoms. The summed E-state index contributed by atoms with van der Waals surface area (Å²) in [7, 11) is 0. The minimum Gasteiger partial charge on any atom is -0.373 e. The van der Waals surface area contributed by atoms with E-state index in [0.29, 0.717) is 23.8 Å². The van der Waals surface area contributed by atoms with Gasteiger partial charge in [0.05, 0.1) is 24.0 Å². The Morgan fingerprint density at radius 1 is 1.43 bits per heavy atom. The van der Waals surface area contributed by atoms with E-state index in [1.54, 1.807) is 12.1 Å². The highest BCUT2D eigenvalue weighted by Gasteiger charge is 2.32. The molecule has 21 heavy (non-hydrogen) atoms. The number of fused-ring (bicyclic) bond motifs is 1. The van der Waals surface area contributed by atoms with E-state index >= 15 is 0 Å². The molecular weight excluding hydrogens is 268 g/mol. The number of hydrazine groups is 1. The molecular formula is C15H22N4O2. The number of carbonyl (C=O) groups is 1. The molecule has 1 amide bonds. The molecule has 2 heterocycles. The molecule has 0 bridgehead atoms. The SMILES string of the molecule is NNc1ccccc1C(=O)NCC1CN2CCCC2CO1. The lowest BCUT2D eigenvalue weighted by Crippen LogP contribution is -2.50. The zero-order valence-electron chi connectivity index (χ0n) is 12.0. The highest BCUT2D eigenvalue weighted by molar-refractivity contribution is 5.99. The van der Waals surface area contributed by atoms with Crippen molar-refractivity contribution in [3.8, 4) is 0 Å². The highest BCUT2D eigenvalue weighted by Crippen LogP contribution is 2.22. The summed E-state index contributed by atoms with van der Waals surface area (Å²) in [5.74, 6) is 5.30. The number of nitrogens with one attached hydrogen (secondary N) is 2. The third-order valence-corrected chi connectivity index (χ3v) is 4.28. The Morgan fingerprint density at radius 3 is 3.14 bits per heavy atom. The lowest BCUT2D eigenvalue weighted by Gasteiger charge is -2.35. The average Bonchev–Trinajstić information content (AvgIpc) is 3.00. The summed E-state index contributed by atoms with van der Waals surface area (Å²) in [4.78, 5) is 14.7. The van der Waals surface area contributed by atoms with Crippen molar-refractivity contribution >= 4 is 11.6 Å². The van der Waals surface area contributed by atoms with Gasteiger partial charge in [-0.05, 0) is 31.5 Å². The summed E-state index contributed by atoms with van der Waals surface area (Å²) in [5.41, 5.74) is 3.72. The van der Waals surface area contributed by atoms with E-state index in [9.17, 15) is 4.79 Å². The van der Waals surface area contributed by atoms with Crippen molar-refractivity contribution in [3.05, 3.63) is 29.8 Å². The van der Waals surface area contributed by atoms with Crippen LogP contribution in [-0.4, -0.2) is 49.2 Å². The molecule has 0 aliphatic carbocycles. The van der Waals surface area contributed by atoms with Gasteiger partial charge in [0, 0.05) is 19.1 Å². The van der Waals surface area contributed by atoms with Crippen molar-refractivity contribution in [3.63, 3.8) is 0 Å². The largest absolute Gasteiger partial charge is 0.373 e. The number of benzene rings is 1. The van der Waals surface area contributed by atoms with Crippen molar-refractivity contribution in [2.45, 2.75) is 25.0 Å². The summed E-state index contributed by atoms with van der Waals surface area (Å²) < 4.78 is 5.84. The number of nitrogens with zero attached hydrogens (tertiary/aromatic N) is 1. The average molecular weight is 290 g/mol. The second-order valence-electron chi connectivity index (χ2n) is 5.65. The first kappa shape index (κ1) is 14.3. The number of nitrogens with two attached hydrogens (primary N) is 1. The maximum absolute atomic E-state index is 12.2. The van der Waals surface area contributed by atoms with Crippen LogP contribution in [0.1, 0.15) is 23.2 Å². The van der Waals surface area contributed by atoms with Gasteiger partial charge in [-0.15, -0.1) is 0 Å². The van der Waals surface area contributed by atoms with E-state index in [-0.39, 0.29) is 12.0 Å². The van der Waals surface area contributed by atoms with Gasteiger partial charge >= 0.3 is 0 Å². The standard InChI is InChI=1S/C15H22N4O2/c16-18-14-6-2-1-5-13(14)15(20)17-8-12-9-19-7-3-4-11(19)10-21-12/h1-2,5-6,11-12,18H,3-4,7-10,16H2,(H,17,20). The quantitative estimate of drug-likeness (QED) is 0.558. The predicted molar refractivity (Wildman–Crippen MR) is 80.9 cm³/mol. The van der Waals surface area contributed by atoms with Gasteiger partial charge in [-0.25, -0.2) is 0 Å². The number of nitrogen functional groups attached to an aromatic ring is 1. The molecule has 0 aromatic heterocycles. The first-order valence-electron chi connectivity index (χ1n) is 7.47. The fourth-order valence-electron chi connectivity index (χ4n) is 3.12. The van der Waals surface area contributed by atoms with Crippen LogP contribution in [0.5, 0.6) is 0 Å². The number of anilines is 1. The van der Waals surface area contributed by atoms with Crippen LogP contribution in [0, 0.1) is 0 Å². The van der Waals surface area contributed by atoms with E-state index in [1.807, 2.05) is 12.1 Å². The van der Waals surface area contributed by atoms with Crippen molar-refractivity contribution < 1.29 is 9.53 Å². The van der Waals surface area contributed by atoms with Gasteiger partial charge in [0.2, 0.25) is 0 Å². The van der Waals surface area contributed by atoms with Crippen molar-refractivity contribution in [2.24, 2.45) is 5.84 Å². The van der Waals surface area contributed by atoms with Gasteiger partial charge in [0.25, 0.3) is 5.91 Å². The maximum Gasteiger partial charge on any atom is 0.253 e. The van der Waals surface area contributed by atoms with Crippen LogP contribution in [0.15, 0.2) is 24.3 Å². The maximum atomic E-state index is 12.2. The molecule has 6 heteroatoms. The summed E-state index contributed by atoms with van der Waals surface area (Å²) >= 11 is 0. The number of morpholine rings is 1. The number of carbonyl (C=O) groups excluding carboxylic acids is 1. The molecule has 6 nitrogen and oxygen atoms in total. The summed E-state index contributed by atoms with van der Waals surface area (Å²) in [6, 6.07) is 7.77. The van der Waals surface area contributed by atoms with Crippen LogP contribution in [0.25, 0.3) is 0 Å². The van der Waals surface area contributed by atoms with Gasteiger partial charge < -0.3 is 15.5 Å². The second kappa shape index (κ2) is 6.43. The smallest absolute Gasteiger partial charge is 0.253 e. The molecule has 2 aliphatic heterocycles. The lowest BCUT2D eigenvalue weighted by atomic mass is 10.1. The lowest BCUT2D eigenvalue weighted by molar-refractivity contribution is -0.0461. The van der Waals surface area contributed by atoms with Gasteiger partial charge in [-0.2, -0.15) is 0 Å². The molecule has 1 aromatic carbocycles. The van der Waals surface area contributed by atoms with E-state index in [0.717, 1.165) is 19.7 Å². The van der Waals surface area contributed by atoms with Crippen LogP contribution < -0.4 is 16.6 Å². The molecule has 2 aliphatic rings.